The molecule has 1 fully saturated rings. The van der Waals surface area contributed by atoms with Gasteiger partial charge in [-0.3, -0.25) is 9.55 Å². The maximum Gasteiger partial charge on any atom is 0.163 e. The van der Waals surface area contributed by atoms with E-state index in [1.807, 2.05) is 31.2 Å². The first kappa shape index (κ1) is 20.1. The third-order valence-corrected chi connectivity index (χ3v) is 6.53. The number of imidazole rings is 1. The Morgan fingerprint density at radius 1 is 1.18 bits per heavy atom. The van der Waals surface area contributed by atoms with Crippen LogP contribution in [0.4, 0.5) is 5.69 Å². The Bertz CT molecular complexity index is 1480. The molecular formula is C24H22ClN7O. The lowest BCUT2D eigenvalue weighted by Crippen LogP contribution is -2.43. The first-order chi connectivity index (χ1) is 16.1. The van der Waals surface area contributed by atoms with Gasteiger partial charge in [-0.2, -0.15) is 0 Å². The summed E-state index contributed by atoms with van der Waals surface area (Å²) in [7, 11) is 0. The standard InChI is InChI=1S/C24H22ClN7O/c1-14-12-33-9-8-31(14)16-10-18(24-27-13-28-30-24)23-21(11-16)32(15(2)29-23)20-6-7-26-22-17(20)4-3-5-19(22)25/h3-7,10-11,13-14H,8-9,12H2,1-2H3,(H,27,28,30)/t14-/m0/s1. The summed E-state index contributed by atoms with van der Waals surface area (Å²) in [5.74, 6) is 1.56. The second-order valence-corrected chi connectivity index (χ2v) is 8.68. The summed E-state index contributed by atoms with van der Waals surface area (Å²) < 4.78 is 7.84. The highest BCUT2D eigenvalue weighted by Gasteiger charge is 2.24. The maximum absolute atomic E-state index is 6.46. The van der Waals surface area contributed by atoms with E-state index in [0.29, 0.717) is 24.1 Å². The van der Waals surface area contributed by atoms with Crippen LogP contribution in [0.15, 0.2) is 48.9 Å². The first-order valence-electron chi connectivity index (χ1n) is 10.9. The third kappa shape index (κ3) is 3.25. The van der Waals surface area contributed by atoms with E-state index in [-0.39, 0.29) is 6.04 Å². The van der Waals surface area contributed by atoms with Crippen LogP contribution < -0.4 is 4.90 Å². The first-order valence-corrected chi connectivity index (χ1v) is 11.3. The number of rotatable bonds is 3. The zero-order valence-electron chi connectivity index (χ0n) is 18.3. The van der Waals surface area contributed by atoms with Crippen LogP contribution in [0.2, 0.25) is 5.02 Å². The summed E-state index contributed by atoms with van der Waals surface area (Å²) >= 11 is 6.46. The van der Waals surface area contributed by atoms with Crippen molar-refractivity contribution in [2.24, 2.45) is 0 Å². The number of aromatic amines is 1. The lowest BCUT2D eigenvalue weighted by atomic mass is 10.1. The third-order valence-electron chi connectivity index (χ3n) is 6.22. The fourth-order valence-corrected chi connectivity index (χ4v) is 4.92. The number of hydrogen-bond acceptors (Lipinski definition) is 6. The number of aryl methyl sites for hydroxylation is 1. The van der Waals surface area contributed by atoms with Gasteiger partial charge in [0.25, 0.3) is 0 Å². The number of morpholine rings is 1. The molecule has 0 aliphatic carbocycles. The second-order valence-electron chi connectivity index (χ2n) is 8.28. The fraction of sp³-hybridized carbons (Fsp3) is 0.250. The number of anilines is 1. The van der Waals surface area contributed by atoms with Crippen molar-refractivity contribution < 1.29 is 4.74 Å². The van der Waals surface area contributed by atoms with E-state index in [1.165, 1.54) is 0 Å². The van der Waals surface area contributed by atoms with E-state index in [4.69, 9.17) is 21.3 Å². The number of ether oxygens (including phenoxy) is 1. The highest BCUT2D eigenvalue weighted by molar-refractivity contribution is 6.35. The SMILES string of the molecule is Cc1nc2c(-c3nnc[nH]3)cc(N3CCOC[C@@H]3C)cc2n1-c1ccnc2c(Cl)cccc12. The molecule has 0 radical (unpaired) electrons. The van der Waals surface area contributed by atoms with Crippen molar-refractivity contribution in [1.29, 1.82) is 0 Å². The van der Waals surface area contributed by atoms with Crippen molar-refractivity contribution in [2.75, 3.05) is 24.7 Å². The van der Waals surface area contributed by atoms with Crippen LogP contribution in [-0.4, -0.2) is 55.5 Å². The minimum atomic E-state index is 0.261. The zero-order valence-corrected chi connectivity index (χ0v) is 19.0. The summed E-state index contributed by atoms with van der Waals surface area (Å²) in [6.45, 7) is 6.41. The topological polar surface area (TPSA) is 84.8 Å². The maximum atomic E-state index is 6.46. The van der Waals surface area contributed by atoms with Crippen LogP contribution in [0.1, 0.15) is 12.7 Å². The Morgan fingerprint density at radius 3 is 2.91 bits per heavy atom. The molecule has 1 atom stereocenters. The van der Waals surface area contributed by atoms with Gasteiger partial charge in [0.05, 0.1) is 35.0 Å². The molecule has 4 heterocycles. The summed E-state index contributed by atoms with van der Waals surface area (Å²) in [5.41, 5.74) is 5.62. The van der Waals surface area contributed by atoms with Gasteiger partial charge in [-0.25, -0.2) is 4.98 Å². The van der Waals surface area contributed by atoms with Crippen LogP contribution in [0.3, 0.4) is 0 Å². The number of para-hydroxylation sites is 1. The van der Waals surface area contributed by atoms with Gasteiger partial charge in [0.1, 0.15) is 17.7 Å². The Hall–Kier alpha value is -3.49. The number of nitrogens with one attached hydrogen (secondary N) is 1. The van der Waals surface area contributed by atoms with Crippen molar-refractivity contribution in [1.82, 2.24) is 29.7 Å². The number of pyridine rings is 1. The molecule has 8 nitrogen and oxygen atoms in total. The molecular weight excluding hydrogens is 438 g/mol. The lowest BCUT2D eigenvalue weighted by Gasteiger charge is -2.35. The van der Waals surface area contributed by atoms with Crippen molar-refractivity contribution in [3.63, 3.8) is 0 Å². The number of benzene rings is 2. The van der Waals surface area contributed by atoms with Gasteiger partial charge in [0.15, 0.2) is 5.82 Å². The molecule has 3 aromatic heterocycles. The largest absolute Gasteiger partial charge is 0.377 e. The fourth-order valence-electron chi connectivity index (χ4n) is 4.70. The van der Waals surface area contributed by atoms with Crippen LogP contribution in [0.5, 0.6) is 0 Å². The molecule has 0 bridgehead atoms. The molecule has 0 spiro atoms. The molecule has 1 aliphatic rings. The minimum absolute atomic E-state index is 0.261. The second kappa shape index (κ2) is 7.83. The molecule has 0 saturated carbocycles. The van der Waals surface area contributed by atoms with Gasteiger partial charge < -0.3 is 14.6 Å². The number of hydrogen-bond donors (Lipinski definition) is 1. The van der Waals surface area contributed by atoms with Gasteiger partial charge in [0.2, 0.25) is 0 Å². The molecule has 166 valence electrons. The number of aromatic nitrogens is 6. The van der Waals surface area contributed by atoms with Crippen LogP contribution in [-0.2, 0) is 4.74 Å². The van der Waals surface area contributed by atoms with E-state index in [9.17, 15) is 0 Å². The number of H-pyrrole nitrogens is 1. The monoisotopic (exact) mass is 459 g/mol. The predicted molar refractivity (Wildman–Crippen MR) is 129 cm³/mol. The molecule has 2 aromatic carbocycles. The van der Waals surface area contributed by atoms with Gasteiger partial charge in [0, 0.05) is 35.4 Å². The molecule has 9 heteroatoms. The Balaban J connectivity index is 1.66. The number of fused-ring (bicyclic) bond motifs is 2. The van der Waals surface area contributed by atoms with E-state index in [1.54, 1.807) is 12.5 Å². The molecule has 0 unspecified atom stereocenters. The molecule has 1 saturated heterocycles. The minimum Gasteiger partial charge on any atom is -0.377 e. The normalized spacial score (nSPS) is 16.7. The van der Waals surface area contributed by atoms with E-state index in [0.717, 1.165) is 51.2 Å². The van der Waals surface area contributed by atoms with Crippen LogP contribution >= 0.6 is 11.6 Å². The number of halogens is 1. The quantitative estimate of drug-likeness (QED) is 0.426. The van der Waals surface area contributed by atoms with Gasteiger partial charge in [-0.15, -0.1) is 10.2 Å². The molecule has 5 aromatic rings. The van der Waals surface area contributed by atoms with Crippen molar-refractivity contribution in [3.8, 4) is 17.1 Å². The molecule has 1 aliphatic heterocycles. The van der Waals surface area contributed by atoms with Crippen molar-refractivity contribution in [3.05, 3.63) is 59.8 Å². The lowest BCUT2D eigenvalue weighted by molar-refractivity contribution is 0.0989. The van der Waals surface area contributed by atoms with E-state index >= 15 is 0 Å². The van der Waals surface area contributed by atoms with Crippen molar-refractivity contribution in [2.45, 2.75) is 19.9 Å². The highest BCUT2D eigenvalue weighted by Crippen LogP contribution is 2.36. The molecule has 6 rings (SSSR count). The Labute approximate surface area is 195 Å². The average Bonchev–Trinajstić information content (AvgIpc) is 3.46. The van der Waals surface area contributed by atoms with Gasteiger partial charge in [-0.05, 0) is 38.1 Å². The van der Waals surface area contributed by atoms with Gasteiger partial charge >= 0.3 is 0 Å². The van der Waals surface area contributed by atoms with E-state index in [2.05, 4.69) is 48.7 Å². The summed E-state index contributed by atoms with van der Waals surface area (Å²) in [6, 6.07) is 12.5. The summed E-state index contributed by atoms with van der Waals surface area (Å²) in [6.07, 6.45) is 3.38. The Morgan fingerprint density at radius 2 is 2.09 bits per heavy atom. The average molecular weight is 460 g/mol. The van der Waals surface area contributed by atoms with E-state index < -0.39 is 0 Å². The van der Waals surface area contributed by atoms with Gasteiger partial charge in [-0.1, -0.05) is 23.7 Å². The van der Waals surface area contributed by atoms with Crippen molar-refractivity contribution >= 4 is 39.2 Å². The summed E-state index contributed by atoms with van der Waals surface area (Å²) in [4.78, 5) is 15.0. The Kier molecular flexibility index (Phi) is 4.78. The van der Waals surface area contributed by atoms with Crippen LogP contribution in [0, 0.1) is 6.92 Å². The number of nitrogens with zero attached hydrogens (tertiary/aromatic N) is 6. The predicted octanol–water partition coefficient (Wildman–Crippen LogP) is 4.55. The van der Waals surface area contributed by atoms with Crippen LogP contribution in [0.25, 0.3) is 39.0 Å². The molecule has 33 heavy (non-hydrogen) atoms. The smallest absolute Gasteiger partial charge is 0.163 e. The highest BCUT2D eigenvalue weighted by atomic mass is 35.5. The molecule has 0 amide bonds. The summed E-state index contributed by atoms with van der Waals surface area (Å²) in [5, 5.41) is 9.89. The molecule has 1 N–H and O–H groups in total. The zero-order chi connectivity index (χ0) is 22.5.